The highest BCUT2D eigenvalue weighted by Gasteiger charge is 2.71. The molecule has 14 heteroatoms. The van der Waals surface area contributed by atoms with Crippen molar-refractivity contribution in [2.24, 2.45) is 47.3 Å². The van der Waals surface area contributed by atoms with Crippen LogP contribution in [0.5, 0.6) is 0 Å². The van der Waals surface area contributed by atoms with Crippen LogP contribution in [0.25, 0.3) is 0 Å². The summed E-state index contributed by atoms with van der Waals surface area (Å²) in [4.78, 5) is 74.1. The van der Waals surface area contributed by atoms with Crippen molar-refractivity contribution in [3.05, 3.63) is 0 Å². The molecular weight excluding hydrogens is 544 g/mol. The monoisotopic (exact) mass is 570 g/mol. The third-order valence-electron chi connectivity index (χ3n) is 9.01. The van der Waals surface area contributed by atoms with Crippen LogP contribution in [-0.4, -0.2) is 86.0 Å². The predicted molar refractivity (Wildman–Crippen MR) is 126 cm³/mol. The van der Waals surface area contributed by atoms with Gasteiger partial charge in [0, 0.05) is 23.7 Å². The lowest BCUT2D eigenvalue weighted by molar-refractivity contribution is -0.162. The Balaban J connectivity index is 0.970. The zero-order chi connectivity index (χ0) is 26.9. The van der Waals surface area contributed by atoms with E-state index in [1.807, 2.05) is 0 Å². The summed E-state index contributed by atoms with van der Waals surface area (Å²) in [5, 5.41) is 0. The van der Waals surface area contributed by atoms with Crippen LogP contribution in [0.15, 0.2) is 0 Å². The highest BCUT2D eigenvalue weighted by atomic mass is 33.1. The second-order valence-electron chi connectivity index (χ2n) is 10.5. The van der Waals surface area contributed by atoms with Gasteiger partial charge in [0.25, 0.3) is 0 Å². The minimum absolute atomic E-state index is 0.0702. The van der Waals surface area contributed by atoms with Crippen LogP contribution in [0, 0.1) is 47.3 Å². The minimum Gasteiger partial charge on any atom is -0.469 e. The van der Waals surface area contributed by atoms with Gasteiger partial charge in [-0.1, -0.05) is 21.6 Å². The van der Waals surface area contributed by atoms with Crippen LogP contribution in [0.1, 0.15) is 12.8 Å². The number of hydrogen-bond acceptors (Lipinski definition) is 14. The molecule has 12 unspecified atom stereocenters. The summed E-state index contributed by atoms with van der Waals surface area (Å²) in [6.45, 7) is 0. The number of hydrogen-bond donors (Lipinski definition) is 0. The van der Waals surface area contributed by atoms with E-state index in [1.54, 1.807) is 0 Å². The smallest absolute Gasteiger partial charge is 0.317 e. The SMILES string of the molecule is COC(=O)C1C2CC3C(OC(=O)C31)C2OC(=O)CSSCC(=O)OC1C2CC3C1OC(=O)C3C2C(=O)OC. The van der Waals surface area contributed by atoms with Crippen LogP contribution in [0.3, 0.4) is 0 Å². The Morgan fingerprint density at radius 3 is 1.47 bits per heavy atom. The molecule has 6 fully saturated rings. The summed E-state index contributed by atoms with van der Waals surface area (Å²) < 4.78 is 31.8. The topological polar surface area (TPSA) is 158 Å². The van der Waals surface area contributed by atoms with E-state index >= 15 is 0 Å². The van der Waals surface area contributed by atoms with Crippen molar-refractivity contribution >= 4 is 57.4 Å². The lowest BCUT2D eigenvalue weighted by atomic mass is 9.78. The maximum atomic E-state index is 12.5. The highest BCUT2D eigenvalue weighted by Crippen LogP contribution is 2.60. The number of rotatable bonds is 9. The van der Waals surface area contributed by atoms with Crippen molar-refractivity contribution in [3.63, 3.8) is 0 Å². The number of fused-ring (bicyclic) bond motifs is 2. The molecule has 38 heavy (non-hydrogen) atoms. The summed E-state index contributed by atoms with van der Waals surface area (Å²) in [6, 6.07) is 0. The summed E-state index contributed by atoms with van der Waals surface area (Å²) in [7, 11) is 4.73. The zero-order valence-corrected chi connectivity index (χ0v) is 22.1. The van der Waals surface area contributed by atoms with Crippen molar-refractivity contribution < 1.29 is 57.2 Å². The van der Waals surface area contributed by atoms with Crippen molar-refractivity contribution in [3.8, 4) is 0 Å². The van der Waals surface area contributed by atoms with E-state index in [-0.39, 0.29) is 35.2 Å². The lowest BCUT2D eigenvalue weighted by Gasteiger charge is -2.30. The second kappa shape index (κ2) is 9.61. The van der Waals surface area contributed by atoms with Gasteiger partial charge in [0.1, 0.15) is 35.9 Å². The fourth-order valence-electron chi connectivity index (χ4n) is 7.76. The molecule has 4 saturated carbocycles. The first-order valence-corrected chi connectivity index (χ1v) is 14.9. The van der Waals surface area contributed by atoms with Crippen molar-refractivity contribution in [1.82, 2.24) is 0 Å². The Morgan fingerprint density at radius 2 is 1.11 bits per heavy atom. The molecule has 4 aliphatic carbocycles. The van der Waals surface area contributed by atoms with Gasteiger partial charge in [-0.2, -0.15) is 0 Å². The molecule has 0 aromatic carbocycles. The van der Waals surface area contributed by atoms with Gasteiger partial charge >= 0.3 is 35.8 Å². The molecule has 4 bridgehead atoms. The molecule has 12 nitrogen and oxygen atoms in total. The van der Waals surface area contributed by atoms with Gasteiger partial charge in [0.05, 0.1) is 37.9 Å². The van der Waals surface area contributed by atoms with E-state index in [0.717, 1.165) is 21.6 Å². The molecule has 6 aliphatic rings. The van der Waals surface area contributed by atoms with E-state index in [1.165, 1.54) is 14.2 Å². The molecular formula is C24H26O12S2. The van der Waals surface area contributed by atoms with Crippen molar-refractivity contribution in [2.45, 2.75) is 37.3 Å². The fraction of sp³-hybridized carbons (Fsp3) is 0.750. The molecule has 12 atom stereocenters. The quantitative estimate of drug-likeness (QED) is 0.160. The lowest BCUT2D eigenvalue weighted by Crippen LogP contribution is -2.43. The predicted octanol–water partition coefficient (Wildman–Crippen LogP) is 0.152. The van der Waals surface area contributed by atoms with Crippen LogP contribution < -0.4 is 0 Å². The third-order valence-corrected chi connectivity index (χ3v) is 11.1. The van der Waals surface area contributed by atoms with Crippen LogP contribution in [0.4, 0.5) is 0 Å². The van der Waals surface area contributed by atoms with E-state index in [2.05, 4.69) is 0 Å². The zero-order valence-electron chi connectivity index (χ0n) is 20.5. The first kappa shape index (κ1) is 25.8. The summed E-state index contributed by atoms with van der Waals surface area (Å²) in [5.74, 6) is -6.54. The molecule has 0 N–H and O–H groups in total. The van der Waals surface area contributed by atoms with E-state index in [4.69, 9.17) is 28.4 Å². The third kappa shape index (κ3) is 3.81. The highest BCUT2D eigenvalue weighted by molar-refractivity contribution is 8.77. The number of methoxy groups -OCH3 is 2. The Bertz CT molecular complexity index is 1010. The first-order valence-electron chi connectivity index (χ1n) is 12.4. The molecule has 2 saturated heterocycles. The summed E-state index contributed by atoms with van der Waals surface area (Å²) in [6.07, 6.45) is -1.38. The molecule has 206 valence electrons. The Labute approximate surface area is 224 Å². The van der Waals surface area contributed by atoms with Crippen molar-refractivity contribution in [2.75, 3.05) is 25.7 Å². The summed E-state index contributed by atoms with van der Waals surface area (Å²) in [5.41, 5.74) is 0. The molecule has 0 aromatic heterocycles. The van der Waals surface area contributed by atoms with Gasteiger partial charge in [-0.25, -0.2) is 0 Å². The number of ether oxygens (including phenoxy) is 6. The van der Waals surface area contributed by atoms with E-state index in [9.17, 15) is 28.8 Å². The van der Waals surface area contributed by atoms with Crippen LogP contribution in [-0.2, 0) is 57.2 Å². The van der Waals surface area contributed by atoms with Gasteiger partial charge in [-0.3, -0.25) is 28.8 Å². The number of carbonyl (C=O) groups excluding carboxylic acids is 6. The van der Waals surface area contributed by atoms with E-state index < -0.39 is 83.9 Å². The molecule has 0 spiro atoms. The number of carbonyl (C=O) groups is 6. The Kier molecular flexibility index (Phi) is 6.52. The minimum atomic E-state index is -0.701. The Hall–Kier alpha value is -2.48. The van der Waals surface area contributed by atoms with Gasteiger partial charge in [-0.05, 0) is 12.8 Å². The average molecular weight is 571 g/mol. The second-order valence-corrected chi connectivity index (χ2v) is 13.0. The van der Waals surface area contributed by atoms with Gasteiger partial charge in [0.2, 0.25) is 0 Å². The maximum Gasteiger partial charge on any atom is 0.317 e. The fourth-order valence-corrected chi connectivity index (χ4v) is 9.33. The molecule has 6 rings (SSSR count). The van der Waals surface area contributed by atoms with Gasteiger partial charge in [-0.15, -0.1) is 0 Å². The first-order chi connectivity index (χ1) is 18.2. The average Bonchev–Trinajstić information content (AvgIpc) is 3.69. The summed E-state index contributed by atoms with van der Waals surface area (Å²) >= 11 is 0. The number of esters is 6. The standard InChI is InChI=1S/C24H26O12S2/c1-31-21(27)13-7-3-9-15(13)23(29)35-19(9)17(7)33-11(25)5-37-38-6-12(26)34-18-8-4-10-16(14(8)22(28)32-2)24(30)36-20(10)18/h7-10,13-20H,3-6H2,1-2H3. The molecule has 2 aliphatic heterocycles. The molecule has 0 radical (unpaired) electrons. The van der Waals surface area contributed by atoms with Gasteiger partial charge in [0.15, 0.2) is 0 Å². The van der Waals surface area contributed by atoms with Gasteiger partial charge < -0.3 is 28.4 Å². The largest absolute Gasteiger partial charge is 0.469 e. The van der Waals surface area contributed by atoms with Crippen molar-refractivity contribution in [1.29, 1.82) is 0 Å². The molecule has 0 aromatic rings. The maximum absolute atomic E-state index is 12.5. The van der Waals surface area contributed by atoms with Crippen LogP contribution >= 0.6 is 21.6 Å². The van der Waals surface area contributed by atoms with Crippen LogP contribution in [0.2, 0.25) is 0 Å². The normalized spacial score (nSPS) is 42.6. The van der Waals surface area contributed by atoms with E-state index in [0.29, 0.717) is 12.8 Å². The Morgan fingerprint density at radius 1 is 0.711 bits per heavy atom. The molecule has 2 heterocycles. The molecule has 0 amide bonds.